The highest BCUT2D eigenvalue weighted by atomic mass is 35.5. The topological polar surface area (TPSA) is 76.5 Å². The summed E-state index contributed by atoms with van der Waals surface area (Å²) in [5.74, 6) is 1.56. The Balaban J connectivity index is 1.34. The Hall–Kier alpha value is -3.36. The summed E-state index contributed by atoms with van der Waals surface area (Å²) in [6, 6.07) is 21.0. The van der Waals surface area contributed by atoms with E-state index in [1.807, 2.05) is 66.1 Å². The van der Waals surface area contributed by atoms with Crippen molar-refractivity contribution in [1.82, 2.24) is 19.8 Å². The number of nitrogens with zero attached hydrogens (tertiary/aromatic N) is 5. The summed E-state index contributed by atoms with van der Waals surface area (Å²) in [6.45, 7) is 2.56. The zero-order valence-electron chi connectivity index (χ0n) is 18.5. The quantitative estimate of drug-likeness (QED) is 0.326. The van der Waals surface area contributed by atoms with Crippen molar-refractivity contribution in [1.29, 1.82) is 0 Å². The molecule has 3 heterocycles. The fourth-order valence-corrected chi connectivity index (χ4v) is 4.83. The zero-order valence-corrected chi connectivity index (χ0v) is 20.0. The fourth-order valence-electron chi connectivity index (χ4n) is 3.87. The van der Waals surface area contributed by atoms with Crippen LogP contribution in [-0.2, 0) is 11.3 Å². The minimum atomic E-state index is -0.294. The van der Waals surface area contributed by atoms with Gasteiger partial charge < -0.3 is 8.98 Å². The van der Waals surface area contributed by atoms with Gasteiger partial charge in [0.2, 0.25) is 0 Å². The molecule has 7 nitrogen and oxygen atoms in total. The largest absolute Gasteiger partial charge is 0.467 e. The highest BCUT2D eigenvalue weighted by molar-refractivity contribution is 7.99. The number of rotatable bonds is 7. The molecule has 0 fully saturated rings. The Labute approximate surface area is 206 Å². The molecule has 2 aromatic heterocycles. The molecule has 0 N–H and O–H groups in total. The van der Waals surface area contributed by atoms with Crippen molar-refractivity contribution in [3.63, 3.8) is 0 Å². The van der Waals surface area contributed by atoms with E-state index < -0.39 is 0 Å². The molecule has 0 radical (unpaired) electrons. The van der Waals surface area contributed by atoms with Crippen LogP contribution in [0.5, 0.6) is 0 Å². The monoisotopic (exact) mass is 491 g/mol. The Bertz CT molecular complexity index is 1300. The number of carbonyl (C=O) groups is 1. The summed E-state index contributed by atoms with van der Waals surface area (Å²) in [5, 5.41) is 16.1. The Morgan fingerprint density at radius 1 is 1.09 bits per heavy atom. The molecule has 172 valence electrons. The van der Waals surface area contributed by atoms with Crippen molar-refractivity contribution >= 4 is 35.0 Å². The lowest BCUT2D eigenvalue weighted by atomic mass is 10.0. The van der Waals surface area contributed by atoms with Gasteiger partial charge in [-0.2, -0.15) is 5.10 Å². The number of thioether (sulfide) groups is 1. The van der Waals surface area contributed by atoms with E-state index in [0.717, 1.165) is 22.7 Å². The van der Waals surface area contributed by atoms with Crippen LogP contribution >= 0.6 is 23.4 Å². The molecule has 0 saturated heterocycles. The molecule has 1 atom stereocenters. The molecule has 4 aromatic rings. The van der Waals surface area contributed by atoms with Gasteiger partial charge in [-0.25, -0.2) is 5.01 Å². The first-order valence-electron chi connectivity index (χ1n) is 10.8. The number of aromatic nitrogens is 3. The number of hydrogen-bond donors (Lipinski definition) is 0. The number of aryl methyl sites for hydroxylation is 1. The first-order chi connectivity index (χ1) is 16.6. The van der Waals surface area contributed by atoms with E-state index in [9.17, 15) is 4.79 Å². The van der Waals surface area contributed by atoms with E-state index in [1.165, 1.54) is 16.8 Å². The first-order valence-corrected chi connectivity index (χ1v) is 12.2. The maximum atomic E-state index is 13.3. The number of benzene rings is 2. The van der Waals surface area contributed by atoms with Crippen LogP contribution < -0.4 is 0 Å². The van der Waals surface area contributed by atoms with Crippen molar-refractivity contribution in [2.45, 2.75) is 31.1 Å². The molecule has 5 rings (SSSR count). The van der Waals surface area contributed by atoms with Crippen LogP contribution in [-0.4, -0.2) is 37.1 Å². The minimum Gasteiger partial charge on any atom is -0.467 e. The minimum absolute atomic E-state index is 0.123. The van der Waals surface area contributed by atoms with E-state index in [4.69, 9.17) is 16.0 Å². The van der Waals surface area contributed by atoms with Crippen LogP contribution in [0.15, 0.2) is 87.7 Å². The lowest BCUT2D eigenvalue weighted by Gasteiger charge is -2.19. The molecule has 34 heavy (non-hydrogen) atoms. The van der Waals surface area contributed by atoms with Gasteiger partial charge in [-0.15, -0.1) is 10.2 Å². The lowest BCUT2D eigenvalue weighted by molar-refractivity contribution is -0.130. The standard InChI is InChI=1S/C25H22ClN5O2S/c1-17-27-28-25(30(17)15-18-6-3-2-4-7-18)34-16-24(32)31-22(23-8-5-13-33-23)14-21(29-31)19-9-11-20(26)12-10-19/h2-13,22H,14-16H2,1H3/t22-/m1/s1. The molecule has 1 aliphatic rings. The maximum Gasteiger partial charge on any atom is 0.253 e. The molecule has 0 unspecified atom stereocenters. The molecular weight excluding hydrogens is 470 g/mol. The van der Waals surface area contributed by atoms with E-state index in [-0.39, 0.29) is 17.7 Å². The number of furan rings is 1. The normalized spacial score (nSPS) is 15.5. The van der Waals surface area contributed by atoms with Crippen LogP contribution in [0.25, 0.3) is 0 Å². The van der Waals surface area contributed by atoms with Crippen LogP contribution in [0.2, 0.25) is 5.02 Å². The fraction of sp³-hybridized carbons (Fsp3) is 0.200. The third kappa shape index (κ3) is 4.78. The van der Waals surface area contributed by atoms with Gasteiger partial charge in [-0.1, -0.05) is 65.8 Å². The van der Waals surface area contributed by atoms with Gasteiger partial charge in [0.15, 0.2) is 5.16 Å². The molecule has 1 aliphatic heterocycles. The van der Waals surface area contributed by atoms with Gasteiger partial charge in [0.05, 0.1) is 24.3 Å². The summed E-state index contributed by atoms with van der Waals surface area (Å²) in [5.41, 5.74) is 2.90. The average Bonchev–Trinajstić information content (AvgIpc) is 3.60. The Morgan fingerprint density at radius 2 is 1.88 bits per heavy atom. The van der Waals surface area contributed by atoms with Crippen molar-refractivity contribution in [2.24, 2.45) is 5.10 Å². The zero-order chi connectivity index (χ0) is 23.5. The van der Waals surface area contributed by atoms with Gasteiger partial charge in [0, 0.05) is 11.4 Å². The smallest absolute Gasteiger partial charge is 0.253 e. The van der Waals surface area contributed by atoms with Crippen LogP contribution in [0, 0.1) is 6.92 Å². The SMILES string of the molecule is Cc1nnc(SCC(=O)N2N=C(c3ccc(Cl)cc3)C[C@@H]2c2ccco2)n1Cc1ccccc1. The molecule has 0 saturated carbocycles. The predicted molar refractivity (Wildman–Crippen MR) is 132 cm³/mol. The highest BCUT2D eigenvalue weighted by Crippen LogP contribution is 2.34. The Morgan fingerprint density at radius 3 is 2.62 bits per heavy atom. The molecular formula is C25H22ClN5O2S. The van der Waals surface area contributed by atoms with Crippen molar-refractivity contribution in [3.05, 3.63) is 101 Å². The van der Waals surface area contributed by atoms with Crippen LogP contribution in [0.3, 0.4) is 0 Å². The summed E-state index contributed by atoms with van der Waals surface area (Å²) in [7, 11) is 0. The first kappa shape index (κ1) is 22.4. The third-order valence-corrected chi connectivity index (χ3v) is 6.83. The van der Waals surface area contributed by atoms with Gasteiger partial charge in [0.1, 0.15) is 17.6 Å². The third-order valence-electron chi connectivity index (χ3n) is 5.63. The van der Waals surface area contributed by atoms with Crippen LogP contribution in [0.4, 0.5) is 0 Å². The van der Waals surface area contributed by atoms with Gasteiger partial charge >= 0.3 is 0 Å². The van der Waals surface area contributed by atoms with E-state index in [0.29, 0.717) is 28.9 Å². The summed E-state index contributed by atoms with van der Waals surface area (Å²) < 4.78 is 7.65. The molecule has 0 spiro atoms. The average molecular weight is 492 g/mol. The van der Waals surface area contributed by atoms with Gasteiger partial charge in [0.25, 0.3) is 5.91 Å². The van der Waals surface area contributed by atoms with E-state index in [2.05, 4.69) is 27.4 Å². The molecule has 0 bridgehead atoms. The second-order valence-electron chi connectivity index (χ2n) is 7.92. The Kier molecular flexibility index (Phi) is 6.51. The molecule has 0 aliphatic carbocycles. The molecule has 2 aromatic carbocycles. The predicted octanol–water partition coefficient (Wildman–Crippen LogP) is 5.35. The van der Waals surface area contributed by atoms with Gasteiger partial charge in [-0.05, 0) is 42.3 Å². The summed E-state index contributed by atoms with van der Waals surface area (Å²) in [4.78, 5) is 13.3. The van der Waals surface area contributed by atoms with Crippen molar-refractivity contribution in [3.8, 4) is 0 Å². The molecule has 1 amide bonds. The lowest BCUT2D eigenvalue weighted by Crippen LogP contribution is -2.28. The van der Waals surface area contributed by atoms with Crippen LogP contribution in [0.1, 0.15) is 35.2 Å². The second-order valence-corrected chi connectivity index (χ2v) is 9.30. The van der Waals surface area contributed by atoms with Crippen molar-refractivity contribution in [2.75, 3.05) is 5.75 Å². The van der Waals surface area contributed by atoms with Crippen molar-refractivity contribution < 1.29 is 9.21 Å². The van der Waals surface area contributed by atoms with Gasteiger partial charge in [-0.3, -0.25) is 4.79 Å². The maximum absolute atomic E-state index is 13.3. The number of carbonyl (C=O) groups excluding carboxylic acids is 1. The highest BCUT2D eigenvalue weighted by Gasteiger charge is 2.35. The summed E-state index contributed by atoms with van der Waals surface area (Å²) in [6.07, 6.45) is 2.18. The second kappa shape index (κ2) is 9.87. The number of hydrazone groups is 1. The number of hydrogen-bond acceptors (Lipinski definition) is 6. The number of amides is 1. The number of halogens is 1. The molecule has 9 heteroatoms. The van der Waals surface area contributed by atoms with E-state index >= 15 is 0 Å². The van der Waals surface area contributed by atoms with E-state index in [1.54, 1.807) is 6.26 Å². The summed E-state index contributed by atoms with van der Waals surface area (Å²) >= 11 is 7.40.